The number of ether oxygens (including phenoxy) is 4. The fraction of sp³-hybridized carbons (Fsp3) is 0.915. The number of hydrogen-bond donors (Lipinski definition) is 1. The molecule has 0 spiro atoms. The van der Waals surface area contributed by atoms with Crippen molar-refractivity contribution in [3.63, 3.8) is 0 Å². The molecular weight excluding hydrogens is 709 g/mol. The zero-order valence-corrected chi connectivity index (χ0v) is 35.2. The predicted octanol–water partition coefficient (Wildman–Crippen LogP) is 9.39. The molecule has 9 nitrogen and oxygen atoms in total. The van der Waals surface area contributed by atoms with Crippen LogP contribution >= 0.6 is 0 Å². The van der Waals surface area contributed by atoms with E-state index in [1.165, 1.54) is 44.9 Å². The molecule has 0 aromatic heterocycles. The average Bonchev–Trinajstić information content (AvgIpc) is 3.74. The maximum absolute atomic E-state index is 12.3. The summed E-state index contributed by atoms with van der Waals surface area (Å²) in [7, 11) is 0. The summed E-state index contributed by atoms with van der Waals surface area (Å²) in [5.74, 6) is 4.25. The number of hydrogen-bond acceptors (Lipinski definition) is 9. The van der Waals surface area contributed by atoms with Gasteiger partial charge in [-0.05, 0) is 146 Å². The third-order valence-electron chi connectivity index (χ3n) is 16.7. The summed E-state index contributed by atoms with van der Waals surface area (Å²) in [4.78, 5) is 47.7. The van der Waals surface area contributed by atoms with Crippen LogP contribution in [0.15, 0.2) is 0 Å². The molecule has 10 aliphatic carbocycles. The lowest BCUT2D eigenvalue weighted by atomic mass is 9.46. The number of carbonyl (C=O) groups excluding carboxylic acids is 4. The summed E-state index contributed by atoms with van der Waals surface area (Å²) in [6.45, 7) is 16.2. The molecular formula is C47H76O9. The van der Waals surface area contributed by atoms with E-state index in [0.717, 1.165) is 75.5 Å². The van der Waals surface area contributed by atoms with Gasteiger partial charge in [-0.2, -0.15) is 0 Å². The van der Waals surface area contributed by atoms with Gasteiger partial charge in [-0.25, -0.2) is 0 Å². The van der Waals surface area contributed by atoms with Gasteiger partial charge in [-0.15, -0.1) is 0 Å². The van der Waals surface area contributed by atoms with Crippen molar-refractivity contribution in [1.29, 1.82) is 0 Å². The minimum absolute atomic E-state index is 0. The summed E-state index contributed by atoms with van der Waals surface area (Å²) in [5.41, 5.74) is -0.895. The molecule has 0 aromatic carbocycles. The standard InChI is InChI=1S/C18H30O2.C15H24O3.C13H18O4.CH4/c1-5-12(2)16(19)20-17(3,4)18-9-13-6-14(10-18)8-15(7-13)11-18;1-3-10(2)13(16)18-15-7-11-4-12(8-15)6-14(17,5-11)9-15;1-3-6(2)12(14)16-10-7-4-8-9(5-7)13(15)17-11(8)10;/h12-15H,5-11H2,1-4H3;10-12,17H,3-9H2,1-2H3;6-11H,3-5H2,1-2H3;1H4. The predicted molar refractivity (Wildman–Crippen MR) is 214 cm³/mol. The van der Waals surface area contributed by atoms with Crippen molar-refractivity contribution < 1.29 is 43.2 Å². The first kappa shape index (κ1) is 43.4. The third kappa shape index (κ3) is 8.20. The molecule has 318 valence electrons. The molecule has 0 radical (unpaired) electrons. The minimum atomic E-state index is -0.542. The monoisotopic (exact) mass is 785 g/mol. The van der Waals surface area contributed by atoms with Crippen LogP contribution in [-0.4, -0.2) is 58.0 Å². The van der Waals surface area contributed by atoms with Crippen LogP contribution in [-0.2, 0) is 38.1 Å². The Balaban J connectivity index is 0.000000142. The molecule has 1 saturated heterocycles. The molecule has 0 amide bonds. The molecule has 11 fully saturated rings. The highest BCUT2D eigenvalue weighted by Crippen LogP contribution is 2.64. The smallest absolute Gasteiger partial charge is 0.309 e. The molecule has 1 heterocycles. The Morgan fingerprint density at radius 2 is 1.23 bits per heavy atom. The van der Waals surface area contributed by atoms with E-state index in [1.54, 1.807) is 0 Å². The average molecular weight is 785 g/mol. The van der Waals surface area contributed by atoms with Crippen LogP contribution in [0.25, 0.3) is 0 Å². The highest BCUT2D eigenvalue weighted by Gasteiger charge is 2.64. The van der Waals surface area contributed by atoms with Gasteiger partial charge in [-0.1, -0.05) is 49.0 Å². The Labute approximate surface area is 337 Å². The molecule has 9 heteroatoms. The first-order valence-corrected chi connectivity index (χ1v) is 22.5. The number of fused-ring (bicyclic) bond motifs is 1. The molecule has 11 aliphatic rings. The van der Waals surface area contributed by atoms with Gasteiger partial charge in [0.15, 0.2) is 0 Å². The fourth-order valence-corrected chi connectivity index (χ4v) is 13.7. The zero-order valence-electron chi connectivity index (χ0n) is 35.2. The fourth-order valence-electron chi connectivity index (χ4n) is 13.7. The molecule has 1 N–H and O–H groups in total. The van der Waals surface area contributed by atoms with E-state index in [1.807, 2.05) is 34.6 Å². The Bertz CT molecular complexity index is 1420. The van der Waals surface area contributed by atoms with Gasteiger partial charge in [0, 0.05) is 23.7 Å². The highest BCUT2D eigenvalue weighted by atomic mass is 16.6. The molecule has 10 atom stereocenters. The first-order chi connectivity index (χ1) is 25.9. The van der Waals surface area contributed by atoms with E-state index in [9.17, 15) is 24.3 Å². The Morgan fingerprint density at radius 3 is 1.75 bits per heavy atom. The molecule has 10 saturated carbocycles. The van der Waals surface area contributed by atoms with Crippen molar-refractivity contribution in [2.45, 2.75) is 201 Å². The van der Waals surface area contributed by atoms with Crippen molar-refractivity contribution in [1.82, 2.24) is 0 Å². The molecule has 11 rings (SSSR count). The topological polar surface area (TPSA) is 125 Å². The zero-order chi connectivity index (χ0) is 39.7. The van der Waals surface area contributed by atoms with E-state index in [2.05, 4.69) is 20.8 Å². The van der Waals surface area contributed by atoms with Crippen LogP contribution in [0.2, 0.25) is 0 Å². The maximum atomic E-state index is 12.3. The minimum Gasteiger partial charge on any atom is -0.459 e. The Hall–Kier alpha value is -2.16. The van der Waals surface area contributed by atoms with E-state index in [-0.39, 0.29) is 83.8 Å². The van der Waals surface area contributed by atoms with E-state index in [0.29, 0.717) is 30.1 Å². The van der Waals surface area contributed by atoms with Crippen LogP contribution < -0.4 is 0 Å². The van der Waals surface area contributed by atoms with Crippen LogP contribution in [0, 0.1) is 70.5 Å². The Kier molecular flexibility index (Phi) is 12.5. The summed E-state index contributed by atoms with van der Waals surface area (Å²) >= 11 is 0. The van der Waals surface area contributed by atoms with Gasteiger partial charge in [0.2, 0.25) is 0 Å². The van der Waals surface area contributed by atoms with Gasteiger partial charge >= 0.3 is 23.9 Å². The van der Waals surface area contributed by atoms with Gasteiger partial charge < -0.3 is 24.1 Å². The van der Waals surface area contributed by atoms with Crippen LogP contribution in [0.4, 0.5) is 0 Å². The number of aliphatic hydroxyl groups is 1. The normalized spacial score (nSPS) is 42.9. The second kappa shape index (κ2) is 16.1. The number of carbonyl (C=O) groups is 4. The number of rotatable bonds is 10. The third-order valence-corrected chi connectivity index (χ3v) is 16.7. The van der Waals surface area contributed by atoms with Crippen molar-refractivity contribution >= 4 is 23.9 Å². The molecule has 0 aromatic rings. The lowest BCUT2D eigenvalue weighted by Crippen LogP contribution is -2.60. The lowest BCUT2D eigenvalue weighted by molar-refractivity contribution is -0.222. The van der Waals surface area contributed by atoms with Crippen LogP contribution in [0.5, 0.6) is 0 Å². The first-order valence-electron chi connectivity index (χ1n) is 22.5. The highest BCUT2D eigenvalue weighted by molar-refractivity contribution is 5.77. The summed E-state index contributed by atoms with van der Waals surface area (Å²) in [5, 5.41) is 10.6. The molecule has 1 aliphatic heterocycles. The molecule has 10 unspecified atom stereocenters. The largest absolute Gasteiger partial charge is 0.459 e. The van der Waals surface area contributed by atoms with Crippen molar-refractivity contribution in [3.8, 4) is 0 Å². The quantitative estimate of drug-likeness (QED) is 0.170. The molecule has 56 heavy (non-hydrogen) atoms. The Morgan fingerprint density at radius 1 is 0.732 bits per heavy atom. The van der Waals surface area contributed by atoms with Crippen molar-refractivity contribution in [2.24, 2.45) is 70.5 Å². The second-order valence-electron chi connectivity index (χ2n) is 21.2. The van der Waals surface area contributed by atoms with Crippen molar-refractivity contribution in [2.75, 3.05) is 0 Å². The SMILES string of the molecule is C.CCC(C)C(=O)OC(C)(C)C12CC3CC(CC(C3)C1)C2.CCC(C)C(=O)OC12CC3CC(CC(O)(C3)C1)C2.CCC(C)C(=O)OC1C2CC3C(=O)OC1C3C2. The summed E-state index contributed by atoms with van der Waals surface area (Å²) < 4.78 is 22.8. The van der Waals surface area contributed by atoms with E-state index in [4.69, 9.17) is 18.9 Å². The summed E-state index contributed by atoms with van der Waals surface area (Å²) in [6.07, 6.45) is 17.9. The lowest BCUT2D eigenvalue weighted by Gasteiger charge is -2.61. The second-order valence-corrected chi connectivity index (χ2v) is 21.2. The maximum Gasteiger partial charge on any atom is 0.309 e. The molecule has 10 bridgehead atoms. The van der Waals surface area contributed by atoms with E-state index < -0.39 is 5.60 Å². The number of esters is 4. The van der Waals surface area contributed by atoms with Crippen molar-refractivity contribution in [3.05, 3.63) is 0 Å². The van der Waals surface area contributed by atoms with Gasteiger partial charge in [0.25, 0.3) is 0 Å². The van der Waals surface area contributed by atoms with E-state index >= 15 is 0 Å². The van der Waals surface area contributed by atoms with Gasteiger partial charge in [0.1, 0.15) is 23.4 Å². The van der Waals surface area contributed by atoms with Crippen LogP contribution in [0.1, 0.15) is 172 Å². The van der Waals surface area contributed by atoms with Gasteiger partial charge in [0.05, 0.1) is 29.3 Å². The van der Waals surface area contributed by atoms with Crippen LogP contribution in [0.3, 0.4) is 0 Å². The van der Waals surface area contributed by atoms with Gasteiger partial charge in [-0.3, -0.25) is 19.2 Å². The summed E-state index contributed by atoms with van der Waals surface area (Å²) in [6, 6.07) is 0.